The quantitative estimate of drug-likeness (QED) is 0.615. The first-order valence-electron chi connectivity index (χ1n) is 6.54. The number of hydrogen-bond donors (Lipinski definition) is 1. The summed E-state index contributed by atoms with van der Waals surface area (Å²) in [6.07, 6.45) is 6.69. The molecule has 4 heteroatoms. The smallest absolute Gasteiger partial charge is 0.244 e. The highest BCUT2D eigenvalue weighted by Gasteiger charge is 2.08. The zero-order chi connectivity index (χ0) is 14.8. The average molecular weight is 275 g/mol. The molecule has 1 amide bonds. The Bertz CT molecular complexity index is 480. The summed E-state index contributed by atoms with van der Waals surface area (Å²) in [4.78, 5) is 11.5. The van der Waals surface area contributed by atoms with Crippen molar-refractivity contribution in [2.75, 3.05) is 13.7 Å². The molecule has 108 valence electrons. The van der Waals surface area contributed by atoms with E-state index in [4.69, 9.17) is 9.47 Å². The van der Waals surface area contributed by atoms with Crippen LogP contribution in [0.15, 0.2) is 48.6 Å². The minimum atomic E-state index is -0.148. The first kappa shape index (κ1) is 15.8. The molecule has 0 aromatic heterocycles. The van der Waals surface area contributed by atoms with Gasteiger partial charge in [-0.05, 0) is 26.0 Å². The summed E-state index contributed by atoms with van der Waals surface area (Å²) in [5.41, 5.74) is 0. The molecule has 0 heterocycles. The number of allylic oxidation sites excluding steroid dienone is 3. The van der Waals surface area contributed by atoms with Gasteiger partial charge in [0, 0.05) is 6.08 Å². The maximum Gasteiger partial charge on any atom is 0.244 e. The van der Waals surface area contributed by atoms with Gasteiger partial charge in [0.2, 0.25) is 5.91 Å². The zero-order valence-corrected chi connectivity index (χ0v) is 12.1. The highest BCUT2D eigenvalue weighted by Crippen LogP contribution is 2.26. The van der Waals surface area contributed by atoms with E-state index in [1.807, 2.05) is 44.2 Å². The molecule has 0 unspecified atom stereocenters. The van der Waals surface area contributed by atoms with Crippen LogP contribution in [0.25, 0.3) is 0 Å². The van der Waals surface area contributed by atoms with Gasteiger partial charge in [-0.1, -0.05) is 30.4 Å². The molecule has 0 aliphatic carbocycles. The molecule has 0 bridgehead atoms. The molecule has 4 nitrogen and oxygen atoms in total. The van der Waals surface area contributed by atoms with Gasteiger partial charge in [-0.2, -0.15) is 0 Å². The van der Waals surface area contributed by atoms with Crippen LogP contribution in [0, 0.1) is 0 Å². The lowest BCUT2D eigenvalue weighted by atomic mass is 10.3. The lowest BCUT2D eigenvalue weighted by Gasteiger charge is -2.16. The second-order valence-corrected chi connectivity index (χ2v) is 4.21. The van der Waals surface area contributed by atoms with E-state index >= 15 is 0 Å². The van der Waals surface area contributed by atoms with E-state index in [0.717, 1.165) is 0 Å². The Balaban J connectivity index is 2.44. The van der Waals surface area contributed by atoms with Crippen molar-refractivity contribution in [3.8, 4) is 11.5 Å². The van der Waals surface area contributed by atoms with Crippen molar-refractivity contribution in [3.05, 3.63) is 48.6 Å². The largest absolute Gasteiger partial charge is 0.493 e. The van der Waals surface area contributed by atoms with Crippen molar-refractivity contribution in [2.24, 2.45) is 0 Å². The van der Waals surface area contributed by atoms with Gasteiger partial charge in [-0.25, -0.2) is 0 Å². The summed E-state index contributed by atoms with van der Waals surface area (Å²) < 4.78 is 10.9. The maximum absolute atomic E-state index is 11.5. The first-order valence-corrected chi connectivity index (χ1v) is 6.54. The van der Waals surface area contributed by atoms with E-state index < -0.39 is 0 Å². The molecule has 1 aromatic carbocycles. The molecule has 0 aliphatic rings. The molecule has 1 aromatic rings. The third kappa shape index (κ3) is 5.61. The van der Waals surface area contributed by atoms with Crippen LogP contribution in [0.1, 0.15) is 13.8 Å². The van der Waals surface area contributed by atoms with E-state index in [9.17, 15) is 4.79 Å². The number of benzene rings is 1. The van der Waals surface area contributed by atoms with Crippen molar-refractivity contribution in [3.63, 3.8) is 0 Å². The Morgan fingerprint density at radius 2 is 2.00 bits per heavy atom. The fourth-order valence-electron chi connectivity index (χ4n) is 1.53. The van der Waals surface area contributed by atoms with E-state index in [1.54, 1.807) is 19.3 Å². The molecule has 1 N–H and O–H groups in total. The van der Waals surface area contributed by atoms with Gasteiger partial charge in [0.1, 0.15) is 6.10 Å². The van der Waals surface area contributed by atoms with E-state index in [1.165, 1.54) is 6.08 Å². The number of para-hydroxylation sites is 2. The molecular formula is C16H21NO3. The summed E-state index contributed by atoms with van der Waals surface area (Å²) in [5, 5.41) is 2.77. The topological polar surface area (TPSA) is 47.6 Å². The first-order chi connectivity index (χ1) is 9.67. The second kappa shape index (κ2) is 8.80. The van der Waals surface area contributed by atoms with Crippen LogP contribution in [-0.2, 0) is 4.79 Å². The summed E-state index contributed by atoms with van der Waals surface area (Å²) in [5.74, 6) is 1.21. The van der Waals surface area contributed by atoms with Gasteiger partial charge in [0.05, 0.1) is 13.7 Å². The monoisotopic (exact) mass is 275 g/mol. The predicted octanol–water partition coefficient (Wildman–Crippen LogP) is 2.71. The Labute approximate surface area is 120 Å². The summed E-state index contributed by atoms with van der Waals surface area (Å²) >= 11 is 0. The predicted molar refractivity (Wildman–Crippen MR) is 80.0 cm³/mol. The molecule has 0 spiro atoms. The van der Waals surface area contributed by atoms with Gasteiger partial charge in [-0.3, -0.25) is 4.79 Å². The third-order valence-corrected chi connectivity index (χ3v) is 2.51. The number of carbonyl (C=O) groups excluding carboxylic acids is 1. The Morgan fingerprint density at radius 3 is 2.65 bits per heavy atom. The lowest BCUT2D eigenvalue weighted by Crippen LogP contribution is -2.32. The molecule has 0 saturated carbocycles. The van der Waals surface area contributed by atoms with Crippen LogP contribution in [-0.4, -0.2) is 25.7 Å². The third-order valence-electron chi connectivity index (χ3n) is 2.51. The SMILES string of the molecule is C/C=C/C=C\C(=O)NC[C@H](C)Oc1ccccc1OC. The van der Waals surface area contributed by atoms with Crippen LogP contribution < -0.4 is 14.8 Å². The molecule has 20 heavy (non-hydrogen) atoms. The minimum absolute atomic E-state index is 0.140. The van der Waals surface area contributed by atoms with Gasteiger partial charge in [0.25, 0.3) is 0 Å². The molecule has 1 rings (SSSR count). The van der Waals surface area contributed by atoms with Crippen molar-refractivity contribution in [1.29, 1.82) is 0 Å². The molecule has 0 fully saturated rings. The fraction of sp³-hybridized carbons (Fsp3) is 0.312. The Kier molecular flexibility index (Phi) is 6.96. The zero-order valence-electron chi connectivity index (χ0n) is 12.1. The van der Waals surface area contributed by atoms with Gasteiger partial charge < -0.3 is 14.8 Å². The van der Waals surface area contributed by atoms with Crippen molar-refractivity contribution >= 4 is 5.91 Å². The number of hydrogen-bond acceptors (Lipinski definition) is 3. The van der Waals surface area contributed by atoms with E-state index in [-0.39, 0.29) is 12.0 Å². The normalized spacial score (nSPS) is 12.6. The molecule has 0 aliphatic heterocycles. The molecule has 0 saturated heterocycles. The molecular weight excluding hydrogens is 254 g/mol. The van der Waals surface area contributed by atoms with Crippen LogP contribution in [0.3, 0.4) is 0 Å². The average Bonchev–Trinajstić information content (AvgIpc) is 2.46. The molecule has 1 atom stereocenters. The van der Waals surface area contributed by atoms with Crippen LogP contribution in [0.4, 0.5) is 0 Å². The number of ether oxygens (including phenoxy) is 2. The van der Waals surface area contributed by atoms with Gasteiger partial charge >= 0.3 is 0 Å². The Hall–Kier alpha value is -2.23. The number of methoxy groups -OCH3 is 1. The van der Waals surface area contributed by atoms with E-state index in [2.05, 4.69) is 5.32 Å². The number of rotatable bonds is 7. The Morgan fingerprint density at radius 1 is 1.30 bits per heavy atom. The van der Waals surface area contributed by atoms with Gasteiger partial charge in [0.15, 0.2) is 11.5 Å². The van der Waals surface area contributed by atoms with Crippen molar-refractivity contribution < 1.29 is 14.3 Å². The van der Waals surface area contributed by atoms with Crippen molar-refractivity contribution in [2.45, 2.75) is 20.0 Å². The fourth-order valence-corrected chi connectivity index (χ4v) is 1.53. The minimum Gasteiger partial charge on any atom is -0.493 e. The summed E-state index contributed by atoms with van der Waals surface area (Å²) in [6.45, 7) is 4.21. The maximum atomic E-state index is 11.5. The molecule has 0 radical (unpaired) electrons. The van der Waals surface area contributed by atoms with Crippen LogP contribution >= 0.6 is 0 Å². The standard InChI is InChI=1S/C16H21NO3/c1-4-5-6-11-16(18)17-12-13(2)20-15-10-8-7-9-14(15)19-3/h4-11,13H,12H2,1-3H3,(H,17,18)/b5-4+,11-6-/t13-/m0/s1. The number of carbonyl (C=O) groups is 1. The highest BCUT2D eigenvalue weighted by molar-refractivity contribution is 5.87. The van der Waals surface area contributed by atoms with Crippen molar-refractivity contribution in [1.82, 2.24) is 5.32 Å². The van der Waals surface area contributed by atoms with Gasteiger partial charge in [-0.15, -0.1) is 0 Å². The van der Waals surface area contributed by atoms with Crippen LogP contribution in [0.5, 0.6) is 11.5 Å². The second-order valence-electron chi connectivity index (χ2n) is 4.21. The highest BCUT2D eigenvalue weighted by atomic mass is 16.5. The summed E-state index contributed by atoms with van der Waals surface area (Å²) in [7, 11) is 1.60. The van der Waals surface area contributed by atoms with Crippen LogP contribution in [0.2, 0.25) is 0 Å². The number of amides is 1. The lowest BCUT2D eigenvalue weighted by molar-refractivity contribution is -0.116. The summed E-state index contributed by atoms with van der Waals surface area (Å²) in [6, 6.07) is 7.43. The van der Waals surface area contributed by atoms with E-state index in [0.29, 0.717) is 18.0 Å². The number of nitrogens with one attached hydrogen (secondary N) is 1.